The van der Waals surface area contributed by atoms with Gasteiger partial charge in [-0.05, 0) is 44.4 Å². The van der Waals surface area contributed by atoms with Gasteiger partial charge in [-0.15, -0.1) is 12.4 Å². The minimum Gasteiger partial charge on any atom is -0.381 e. The average Bonchev–Trinajstić information content (AvgIpc) is 2.64. The molecule has 0 radical (unpaired) electrons. The Kier molecular flexibility index (Phi) is 9.05. The van der Waals surface area contributed by atoms with E-state index in [1.165, 1.54) is 0 Å². The number of rotatable bonds is 7. The first-order valence-electron chi connectivity index (χ1n) is 9.00. The SMILES string of the molecule is CCN(CC)C(=O)Cc1ccc(NC(=O)C2(CN)CCOCC2)cc1.Cl. The first kappa shape index (κ1) is 22.4. The van der Waals surface area contributed by atoms with Crippen LogP contribution >= 0.6 is 12.4 Å². The van der Waals surface area contributed by atoms with Crippen molar-refractivity contribution in [2.24, 2.45) is 11.1 Å². The quantitative estimate of drug-likeness (QED) is 0.756. The van der Waals surface area contributed by atoms with Crippen LogP contribution in [-0.4, -0.2) is 49.6 Å². The lowest BCUT2D eigenvalue weighted by atomic mass is 9.79. The van der Waals surface area contributed by atoms with E-state index in [1.807, 2.05) is 43.0 Å². The number of nitrogens with zero attached hydrogens (tertiary/aromatic N) is 1. The maximum Gasteiger partial charge on any atom is 0.232 e. The van der Waals surface area contributed by atoms with Crippen molar-refractivity contribution in [2.45, 2.75) is 33.1 Å². The van der Waals surface area contributed by atoms with E-state index in [-0.39, 0.29) is 24.2 Å². The van der Waals surface area contributed by atoms with Gasteiger partial charge in [0.2, 0.25) is 11.8 Å². The summed E-state index contributed by atoms with van der Waals surface area (Å²) in [7, 11) is 0. The summed E-state index contributed by atoms with van der Waals surface area (Å²) in [6.45, 7) is 6.84. The first-order valence-corrected chi connectivity index (χ1v) is 9.00. The molecule has 3 N–H and O–H groups in total. The van der Waals surface area contributed by atoms with Crippen molar-refractivity contribution in [3.05, 3.63) is 29.8 Å². The highest BCUT2D eigenvalue weighted by molar-refractivity contribution is 5.95. The number of carbonyl (C=O) groups is 2. The maximum atomic E-state index is 12.6. The number of nitrogens with two attached hydrogens (primary N) is 1. The highest BCUT2D eigenvalue weighted by Gasteiger charge is 2.38. The largest absolute Gasteiger partial charge is 0.381 e. The lowest BCUT2D eigenvalue weighted by Gasteiger charge is -2.34. The van der Waals surface area contributed by atoms with Crippen LogP contribution in [0, 0.1) is 5.41 Å². The van der Waals surface area contributed by atoms with Crippen LogP contribution in [0.4, 0.5) is 5.69 Å². The molecule has 0 saturated carbocycles. The second kappa shape index (κ2) is 10.5. The molecule has 0 unspecified atom stereocenters. The summed E-state index contributed by atoms with van der Waals surface area (Å²) in [5.74, 6) is 0.0661. The van der Waals surface area contributed by atoms with Crippen molar-refractivity contribution in [1.82, 2.24) is 4.90 Å². The minimum absolute atomic E-state index is 0. The average molecular weight is 384 g/mol. The van der Waals surface area contributed by atoms with E-state index in [1.54, 1.807) is 0 Å². The van der Waals surface area contributed by atoms with Crippen molar-refractivity contribution in [3.63, 3.8) is 0 Å². The number of nitrogens with one attached hydrogen (secondary N) is 1. The molecule has 1 aromatic rings. The second-order valence-corrected chi connectivity index (χ2v) is 6.49. The molecule has 0 bridgehead atoms. The fourth-order valence-electron chi connectivity index (χ4n) is 3.12. The molecule has 0 aliphatic carbocycles. The van der Waals surface area contributed by atoms with Gasteiger partial charge in [0.05, 0.1) is 11.8 Å². The molecule has 2 rings (SSSR count). The van der Waals surface area contributed by atoms with Gasteiger partial charge < -0.3 is 20.7 Å². The summed E-state index contributed by atoms with van der Waals surface area (Å²) in [6, 6.07) is 7.45. The molecular weight excluding hydrogens is 354 g/mol. The Bertz CT molecular complexity index is 582. The van der Waals surface area contributed by atoms with Crippen molar-refractivity contribution < 1.29 is 14.3 Å². The normalized spacial score (nSPS) is 15.7. The van der Waals surface area contributed by atoms with E-state index in [0.29, 0.717) is 52.1 Å². The molecule has 1 heterocycles. The first-order chi connectivity index (χ1) is 12.0. The zero-order valence-electron chi connectivity index (χ0n) is 15.6. The van der Waals surface area contributed by atoms with E-state index >= 15 is 0 Å². The maximum absolute atomic E-state index is 12.6. The molecule has 1 aliphatic heterocycles. The van der Waals surface area contributed by atoms with Crippen LogP contribution in [0.15, 0.2) is 24.3 Å². The minimum atomic E-state index is -0.546. The van der Waals surface area contributed by atoms with Crippen molar-refractivity contribution in [2.75, 3.05) is 38.2 Å². The molecule has 2 amide bonds. The summed E-state index contributed by atoms with van der Waals surface area (Å²) >= 11 is 0. The summed E-state index contributed by atoms with van der Waals surface area (Å²) in [4.78, 5) is 26.6. The van der Waals surface area contributed by atoms with E-state index in [0.717, 1.165) is 11.3 Å². The monoisotopic (exact) mass is 383 g/mol. The van der Waals surface area contributed by atoms with Crippen LogP contribution in [0.3, 0.4) is 0 Å². The Hall–Kier alpha value is -1.63. The highest BCUT2D eigenvalue weighted by atomic mass is 35.5. The summed E-state index contributed by atoms with van der Waals surface area (Å²) < 4.78 is 5.35. The fraction of sp³-hybridized carbons (Fsp3) is 0.579. The molecule has 7 heteroatoms. The third-order valence-electron chi connectivity index (χ3n) is 5.01. The van der Waals surface area contributed by atoms with E-state index in [2.05, 4.69) is 5.32 Å². The lowest BCUT2D eigenvalue weighted by molar-refractivity contribution is -0.130. The van der Waals surface area contributed by atoms with Crippen molar-refractivity contribution in [1.29, 1.82) is 0 Å². The van der Waals surface area contributed by atoms with Gasteiger partial charge in [0.25, 0.3) is 0 Å². The Balaban J connectivity index is 0.00000338. The van der Waals surface area contributed by atoms with Crippen LogP contribution < -0.4 is 11.1 Å². The summed E-state index contributed by atoms with van der Waals surface area (Å²) in [5, 5.41) is 2.96. The number of hydrogen-bond donors (Lipinski definition) is 2. The van der Waals surface area contributed by atoms with Crippen LogP contribution in [0.25, 0.3) is 0 Å². The number of anilines is 1. The number of benzene rings is 1. The van der Waals surface area contributed by atoms with E-state index < -0.39 is 5.41 Å². The van der Waals surface area contributed by atoms with Gasteiger partial charge in [0.1, 0.15) is 0 Å². The predicted octanol–water partition coefficient (Wildman–Crippen LogP) is 2.21. The number of hydrogen-bond acceptors (Lipinski definition) is 4. The molecule has 146 valence electrons. The molecule has 26 heavy (non-hydrogen) atoms. The topological polar surface area (TPSA) is 84.7 Å². The van der Waals surface area contributed by atoms with Gasteiger partial charge >= 0.3 is 0 Å². The molecule has 1 fully saturated rings. The number of halogens is 1. The second-order valence-electron chi connectivity index (χ2n) is 6.49. The van der Waals surface area contributed by atoms with Crippen LogP contribution in [-0.2, 0) is 20.7 Å². The van der Waals surface area contributed by atoms with E-state index in [9.17, 15) is 9.59 Å². The number of likely N-dealkylation sites (N-methyl/N-ethyl adjacent to an activating group) is 1. The standard InChI is InChI=1S/C19H29N3O3.ClH/c1-3-22(4-2)17(23)13-15-5-7-16(8-6-15)21-18(24)19(14-20)9-11-25-12-10-19;/h5-8H,3-4,9-14,20H2,1-2H3,(H,21,24);1H. The van der Waals surface area contributed by atoms with Gasteiger partial charge in [-0.3, -0.25) is 9.59 Å². The number of carbonyl (C=O) groups excluding carboxylic acids is 2. The van der Waals surface area contributed by atoms with Crippen LogP contribution in [0.1, 0.15) is 32.3 Å². The Labute approximate surface area is 161 Å². The highest BCUT2D eigenvalue weighted by Crippen LogP contribution is 2.30. The van der Waals surface area contributed by atoms with Gasteiger partial charge in [0, 0.05) is 38.5 Å². The smallest absolute Gasteiger partial charge is 0.232 e. The number of amides is 2. The molecular formula is C19H30ClN3O3. The Morgan fingerprint density at radius 2 is 1.73 bits per heavy atom. The van der Waals surface area contributed by atoms with Gasteiger partial charge in [-0.25, -0.2) is 0 Å². The zero-order chi connectivity index (χ0) is 18.3. The Morgan fingerprint density at radius 1 is 1.15 bits per heavy atom. The predicted molar refractivity (Wildman–Crippen MR) is 105 cm³/mol. The molecule has 0 spiro atoms. The molecule has 0 atom stereocenters. The molecule has 1 aliphatic rings. The molecule has 1 aromatic carbocycles. The Morgan fingerprint density at radius 3 is 2.23 bits per heavy atom. The molecule has 6 nitrogen and oxygen atoms in total. The number of ether oxygens (including phenoxy) is 1. The zero-order valence-corrected chi connectivity index (χ0v) is 16.4. The van der Waals surface area contributed by atoms with Crippen LogP contribution in [0.5, 0.6) is 0 Å². The molecule has 0 aromatic heterocycles. The van der Waals surface area contributed by atoms with E-state index in [4.69, 9.17) is 10.5 Å². The van der Waals surface area contributed by atoms with Crippen molar-refractivity contribution in [3.8, 4) is 0 Å². The third kappa shape index (κ3) is 5.43. The van der Waals surface area contributed by atoms with Gasteiger partial charge in [0.15, 0.2) is 0 Å². The third-order valence-corrected chi connectivity index (χ3v) is 5.01. The summed E-state index contributed by atoms with van der Waals surface area (Å²) in [5.41, 5.74) is 6.99. The van der Waals surface area contributed by atoms with Gasteiger partial charge in [-0.1, -0.05) is 12.1 Å². The molecule has 1 saturated heterocycles. The fourth-order valence-corrected chi connectivity index (χ4v) is 3.12. The van der Waals surface area contributed by atoms with Crippen molar-refractivity contribution >= 4 is 29.9 Å². The summed E-state index contributed by atoms with van der Waals surface area (Å²) in [6.07, 6.45) is 1.66. The lowest BCUT2D eigenvalue weighted by Crippen LogP contribution is -2.46. The van der Waals surface area contributed by atoms with Gasteiger partial charge in [-0.2, -0.15) is 0 Å². The van der Waals surface area contributed by atoms with Crippen LogP contribution in [0.2, 0.25) is 0 Å².